The van der Waals surface area contributed by atoms with Crippen LogP contribution in [0.2, 0.25) is 0 Å². The van der Waals surface area contributed by atoms with Crippen molar-refractivity contribution >= 4 is 15.7 Å². The average molecular weight is 445 g/mol. The highest BCUT2D eigenvalue weighted by Gasteiger charge is 2.51. The topological polar surface area (TPSA) is 105 Å². The SMILES string of the molecule is NC(=O)C1(S(=O)(=O)c2ccc(Oc3ccc(OC(F)(F)F)cc3)cc2)CCOCC1. The predicted octanol–water partition coefficient (Wildman–Crippen LogP) is 3.19. The van der Waals surface area contributed by atoms with Crippen LogP contribution in [0.15, 0.2) is 53.4 Å². The van der Waals surface area contributed by atoms with Crippen LogP contribution in [-0.2, 0) is 19.4 Å². The van der Waals surface area contributed by atoms with Gasteiger partial charge in [-0.25, -0.2) is 8.42 Å². The van der Waals surface area contributed by atoms with Crippen LogP contribution in [0.3, 0.4) is 0 Å². The number of carbonyl (C=O) groups excluding carboxylic acids is 1. The molecule has 1 saturated heterocycles. The summed E-state index contributed by atoms with van der Waals surface area (Å²) in [5, 5.41) is 0. The lowest BCUT2D eigenvalue weighted by Crippen LogP contribution is -2.53. The van der Waals surface area contributed by atoms with Crippen molar-refractivity contribution in [3.05, 3.63) is 48.5 Å². The van der Waals surface area contributed by atoms with Gasteiger partial charge < -0.3 is 19.9 Å². The molecule has 0 atom stereocenters. The van der Waals surface area contributed by atoms with Gasteiger partial charge in [0.05, 0.1) is 4.90 Å². The first-order chi connectivity index (χ1) is 14.0. The van der Waals surface area contributed by atoms with E-state index in [1.54, 1.807) is 0 Å². The summed E-state index contributed by atoms with van der Waals surface area (Å²) in [6.07, 6.45) is -4.86. The second-order valence-corrected chi connectivity index (χ2v) is 8.83. The van der Waals surface area contributed by atoms with Crippen molar-refractivity contribution in [3.8, 4) is 17.2 Å². The molecule has 0 aromatic heterocycles. The highest BCUT2D eigenvalue weighted by Crippen LogP contribution is 2.36. The van der Waals surface area contributed by atoms with Crippen LogP contribution in [0.1, 0.15) is 12.8 Å². The first kappa shape index (κ1) is 21.9. The summed E-state index contributed by atoms with van der Waals surface area (Å²) in [6, 6.07) is 10.0. The maximum Gasteiger partial charge on any atom is 0.573 e. The molecule has 0 bridgehead atoms. The molecule has 1 amide bonds. The molecular weight excluding hydrogens is 427 g/mol. The third kappa shape index (κ3) is 4.51. The van der Waals surface area contributed by atoms with Crippen molar-refractivity contribution < 1.29 is 40.6 Å². The molecule has 162 valence electrons. The Morgan fingerprint density at radius 2 is 1.40 bits per heavy atom. The van der Waals surface area contributed by atoms with E-state index in [1.807, 2.05) is 0 Å². The summed E-state index contributed by atoms with van der Waals surface area (Å²) in [5.74, 6) is -0.853. The zero-order valence-corrected chi connectivity index (χ0v) is 16.3. The Bertz CT molecular complexity index is 998. The minimum Gasteiger partial charge on any atom is -0.457 e. The minimum atomic E-state index is -4.80. The van der Waals surface area contributed by atoms with Crippen LogP contribution in [0, 0.1) is 0 Å². The number of halogens is 3. The van der Waals surface area contributed by atoms with Gasteiger partial charge in [-0.05, 0) is 61.4 Å². The Morgan fingerprint density at radius 1 is 0.933 bits per heavy atom. The average Bonchev–Trinajstić information content (AvgIpc) is 2.69. The Balaban J connectivity index is 1.77. The van der Waals surface area contributed by atoms with Gasteiger partial charge in [0.15, 0.2) is 14.6 Å². The Hall–Kier alpha value is -2.79. The van der Waals surface area contributed by atoms with Gasteiger partial charge in [0, 0.05) is 13.2 Å². The molecule has 1 aliphatic heterocycles. The van der Waals surface area contributed by atoms with Crippen molar-refractivity contribution in [2.24, 2.45) is 5.73 Å². The number of hydrogen-bond donors (Lipinski definition) is 1. The van der Waals surface area contributed by atoms with Gasteiger partial charge in [0.25, 0.3) is 0 Å². The summed E-state index contributed by atoms with van der Waals surface area (Å²) >= 11 is 0. The number of sulfone groups is 1. The highest BCUT2D eigenvalue weighted by atomic mass is 32.2. The van der Waals surface area contributed by atoms with E-state index in [9.17, 15) is 26.4 Å². The smallest absolute Gasteiger partial charge is 0.457 e. The van der Waals surface area contributed by atoms with Gasteiger partial charge in [0.1, 0.15) is 17.2 Å². The van der Waals surface area contributed by atoms with E-state index in [0.717, 1.165) is 12.1 Å². The quantitative estimate of drug-likeness (QED) is 0.732. The molecule has 2 aromatic rings. The van der Waals surface area contributed by atoms with Crippen LogP contribution >= 0.6 is 0 Å². The molecule has 2 N–H and O–H groups in total. The molecule has 3 rings (SSSR count). The van der Waals surface area contributed by atoms with Crippen molar-refractivity contribution in [1.29, 1.82) is 0 Å². The van der Waals surface area contributed by atoms with Crippen LogP contribution in [-0.4, -0.2) is 38.6 Å². The van der Waals surface area contributed by atoms with Gasteiger partial charge >= 0.3 is 6.36 Å². The summed E-state index contributed by atoms with van der Waals surface area (Å²) in [7, 11) is -4.07. The fourth-order valence-electron chi connectivity index (χ4n) is 3.11. The fraction of sp³-hybridized carbons (Fsp3) is 0.316. The number of hydrogen-bond acceptors (Lipinski definition) is 6. The molecule has 0 saturated carbocycles. The lowest BCUT2D eigenvalue weighted by atomic mass is 9.98. The number of alkyl halides is 3. The van der Waals surface area contributed by atoms with Gasteiger partial charge in [-0.15, -0.1) is 13.2 Å². The molecule has 0 unspecified atom stereocenters. The van der Waals surface area contributed by atoms with E-state index in [-0.39, 0.29) is 42.4 Å². The van der Waals surface area contributed by atoms with E-state index >= 15 is 0 Å². The van der Waals surface area contributed by atoms with Gasteiger partial charge in [-0.3, -0.25) is 4.79 Å². The molecule has 0 aliphatic carbocycles. The Labute approximate surface area is 170 Å². The molecule has 7 nitrogen and oxygen atoms in total. The first-order valence-corrected chi connectivity index (χ1v) is 10.3. The summed E-state index contributed by atoms with van der Waals surface area (Å²) < 4.78 is 75.4. The van der Waals surface area contributed by atoms with E-state index in [4.69, 9.17) is 15.2 Å². The number of rotatable bonds is 6. The lowest BCUT2D eigenvalue weighted by molar-refractivity contribution is -0.274. The third-order valence-corrected chi connectivity index (χ3v) is 7.22. The number of primary amides is 1. The molecule has 0 radical (unpaired) electrons. The number of benzene rings is 2. The number of nitrogens with two attached hydrogens (primary N) is 1. The summed E-state index contributed by atoms with van der Waals surface area (Å²) in [5.41, 5.74) is 5.43. The monoisotopic (exact) mass is 445 g/mol. The largest absolute Gasteiger partial charge is 0.573 e. The van der Waals surface area contributed by atoms with Gasteiger partial charge in [-0.2, -0.15) is 0 Å². The minimum absolute atomic E-state index is 0.0325. The maximum atomic E-state index is 13.1. The predicted molar refractivity (Wildman–Crippen MR) is 98.8 cm³/mol. The fourth-order valence-corrected chi connectivity index (χ4v) is 5.02. The van der Waals surface area contributed by atoms with E-state index in [1.165, 1.54) is 36.4 Å². The first-order valence-electron chi connectivity index (χ1n) is 8.80. The number of ether oxygens (including phenoxy) is 3. The third-order valence-electron chi connectivity index (χ3n) is 4.69. The van der Waals surface area contributed by atoms with E-state index in [0.29, 0.717) is 0 Å². The van der Waals surface area contributed by atoms with E-state index < -0.39 is 32.6 Å². The standard InChI is InChI=1S/C19H18F3NO6S/c20-19(21,22)29-15-3-1-13(2-4-15)28-14-5-7-16(8-6-14)30(25,26)18(17(23)24)9-11-27-12-10-18/h1-8H,9-12H2,(H2,23,24). The van der Waals surface area contributed by atoms with Crippen LogP contribution in [0.5, 0.6) is 17.2 Å². The van der Waals surface area contributed by atoms with Crippen molar-refractivity contribution in [2.75, 3.05) is 13.2 Å². The highest BCUT2D eigenvalue weighted by molar-refractivity contribution is 7.93. The summed E-state index contributed by atoms with van der Waals surface area (Å²) in [6.45, 7) is 0.217. The molecule has 1 aliphatic rings. The molecule has 0 spiro atoms. The second kappa shape index (κ2) is 8.15. The van der Waals surface area contributed by atoms with Crippen molar-refractivity contribution in [3.63, 3.8) is 0 Å². The molecule has 30 heavy (non-hydrogen) atoms. The number of amides is 1. The Morgan fingerprint density at radius 3 is 1.87 bits per heavy atom. The number of carbonyl (C=O) groups is 1. The second-order valence-electron chi connectivity index (χ2n) is 6.57. The molecule has 11 heteroatoms. The van der Waals surface area contributed by atoms with Crippen LogP contribution < -0.4 is 15.2 Å². The van der Waals surface area contributed by atoms with Crippen molar-refractivity contribution in [2.45, 2.75) is 28.8 Å². The molecule has 1 heterocycles. The van der Waals surface area contributed by atoms with Crippen LogP contribution in [0.25, 0.3) is 0 Å². The summed E-state index contributed by atoms with van der Waals surface area (Å²) in [4.78, 5) is 11.9. The van der Waals surface area contributed by atoms with Crippen molar-refractivity contribution in [1.82, 2.24) is 0 Å². The molecule has 1 fully saturated rings. The van der Waals surface area contributed by atoms with Gasteiger partial charge in [0.2, 0.25) is 5.91 Å². The van der Waals surface area contributed by atoms with Crippen LogP contribution in [0.4, 0.5) is 13.2 Å². The Kier molecular flexibility index (Phi) is 5.95. The molecular formula is C19H18F3NO6S. The zero-order valence-electron chi connectivity index (χ0n) is 15.5. The van der Waals surface area contributed by atoms with E-state index in [2.05, 4.69) is 4.74 Å². The molecule has 2 aromatic carbocycles. The van der Waals surface area contributed by atoms with Gasteiger partial charge in [-0.1, -0.05) is 0 Å². The zero-order chi connectivity index (χ0) is 22.0. The lowest BCUT2D eigenvalue weighted by Gasteiger charge is -2.33. The maximum absolute atomic E-state index is 13.1. The normalized spacial score (nSPS) is 16.6.